The van der Waals surface area contributed by atoms with Crippen molar-refractivity contribution >= 4 is 69.1 Å². The van der Waals surface area contributed by atoms with Gasteiger partial charge in [0.1, 0.15) is 11.8 Å². The quantitative estimate of drug-likeness (QED) is 0.0269. The summed E-state index contributed by atoms with van der Waals surface area (Å²) in [6, 6.07) is 18.2. The third-order valence-electron chi connectivity index (χ3n) is 12.0. The number of terminal acetylenes is 1. The lowest BCUT2D eigenvalue weighted by molar-refractivity contribution is -0.137. The van der Waals surface area contributed by atoms with Gasteiger partial charge in [-0.05, 0) is 62.2 Å². The van der Waals surface area contributed by atoms with Crippen molar-refractivity contribution in [3.63, 3.8) is 0 Å². The molecule has 1 unspecified atom stereocenters. The average Bonchev–Trinajstić information content (AvgIpc) is 3.84. The van der Waals surface area contributed by atoms with Crippen LogP contribution in [0.3, 0.4) is 0 Å². The summed E-state index contributed by atoms with van der Waals surface area (Å²) in [5, 5.41) is 12.6. The van der Waals surface area contributed by atoms with E-state index in [0.29, 0.717) is 72.4 Å². The van der Waals surface area contributed by atoms with Gasteiger partial charge in [0.2, 0.25) is 29.6 Å². The van der Waals surface area contributed by atoms with Crippen molar-refractivity contribution in [2.45, 2.75) is 64.0 Å². The van der Waals surface area contributed by atoms with Gasteiger partial charge in [-0.2, -0.15) is 0 Å². The number of rotatable bonds is 21. The number of hydrogen-bond acceptors (Lipinski definition) is 11. The minimum atomic E-state index is -0.719. The van der Waals surface area contributed by atoms with Crippen molar-refractivity contribution in [1.29, 1.82) is 0 Å². The van der Waals surface area contributed by atoms with Gasteiger partial charge in [0, 0.05) is 98.3 Å². The summed E-state index contributed by atoms with van der Waals surface area (Å²) >= 11 is 0. The second-order valence-corrected chi connectivity index (χ2v) is 16.5. The summed E-state index contributed by atoms with van der Waals surface area (Å²) in [5.74, 6) is 2.10. The number of imide groups is 1. The normalized spacial score (nSPS) is 14.4. The molecule has 0 aliphatic carbocycles. The number of carbonyl (C=O) groups is 5. The molecule has 342 valence electrons. The number of aromatic nitrogens is 3. The molecule has 16 heteroatoms. The summed E-state index contributed by atoms with van der Waals surface area (Å²) < 4.78 is 7.91. The smallest absolute Gasteiger partial charge is 0.255 e. The van der Waals surface area contributed by atoms with Crippen molar-refractivity contribution in [2.75, 3.05) is 61.2 Å². The van der Waals surface area contributed by atoms with E-state index < -0.39 is 11.9 Å². The molecule has 3 aromatic carbocycles. The molecular weight excluding hydrogens is 837 g/mol. The SMILES string of the molecule is C#CCN(CCCCCCCC(=O)Nc1cccc2c1CN(C1CCC(=O)NC1=O)C2=O)CCN(C)c1cc(OC)c(Nc2nccc(-c3cn(C)c4ccccc34)n2)cc1NC(=O)C=C. The van der Waals surface area contributed by atoms with Crippen LogP contribution in [0.5, 0.6) is 5.75 Å². The summed E-state index contributed by atoms with van der Waals surface area (Å²) in [4.78, 5) is 78.0. The highest BCUT2D eigenvalue weighted by Gasteiger charge is 2.40. The summed E-state index contributed by atoms with van der Waals surface area (Å²) in [6.45, 7) is 6.40. The molecule has 1 atom stereocenters. The molecule has 2 aliphatic rings. The number of unbranched alkanes of at least 4 members (excludes halogenated alkanes) is 4. The van der Waals surface area contributed by atoms with Crippen LogP contribution in [-0.2, 0) is 32.8 Å². The number of carbonyl (C=O) groups excluding carboxylic acids is 5. The molecule has 4 N–H and O–H groups in total. The highest BCUT2D eigenvalue weighted by molar-refractivity contribution is 6.07. The maximum atomic E-state index is 13.2. The minimum Gasteiger partial charge on any atom is -0.494 e. The standard InChI is InChI=1S/C50H56N10O6/c1-6-25-59(26-14-10-8-9-11-20-46(62)52-37-18-15-17-34-36(37)32-60(49(34)65)42-21-22-47(63)56-48(42)64)28-27-57(3)43-30-44(66-5)40(29-39(43)53-45(61)7-2)55-50-51-24-23-38(54-50)35-31-58(4)41-19-13-12-16-33(35)41/h1,7,12-13,15-19,23-24,29-31,42H,2,8-11,14,20-22,25-28,32H2,3-5H3,(H,52,62)(H,53,61)(H,51,54,55)(H,56,63,64). The maximum absolute atomic E-state index is 13.2. The Morgan fingerprint density at radius 3 is 2.56 bits per heavy atom. The molecule has 4 heterocycles. The van der Waals surface area contributed by atoms with E-state index in [1.807, 2.05) is 43.3 Å². The predicted molar refractivity (Wildman–Crippen MR) is 256 cm³/mol. The number of nitrogens with zero attached hydrogens (tertiary/aromatic N) is 6. The zero-order valence-electron chi connectivity index (χ0n) is 37.7. The van der Waals surface area contributed by atoms with Gasteiger partial charge in [-0.3, -0.25) is 34.2 Å². The summed E-state index contributed by atoms with van der Waals surface area (Å²) in [6.07, 6.45) is 16.0. The van der Waals surface area contributed by atoms with E-state index in [2.05, 4.69) is 66.5 Å². The Hall–Kier alpha value is -7.51. The lowest BCUT2D eigenvalue weighted by Crippen LogP contribution is -2.52. The van der Waals surface area contributed by atoms with Crippen LogP contribution in [0.2, 0.25) is 0 Å². The number of hydrogen-bond donors (Lipinski definition) is 4. The van der Waals surface area contributed by atoms with E-state index in [1.165, 1.54) is 11.0 Å². The molecule has 66 heavy (non-hydrogen) atoms. The third-order valence-corrected chi connectivity index (χ3v) is 12.0. The Morgan fingerprint density at radius 2 is 1.77 bits per heavy atom. The number of likely N-dealkylation sites (N-methyl/N-ethyl adjacent to an activating group) is 1. The number of ether oxygens (including phenoxy) is 1. The Kier molecular flexibility index (Phi) is 15.1. The van der Waals surface area contributed by atoms with Crippen molar-refractivity contribution in [1.82, 2.24) is 29.7 Å². The number of amides is 5. The number of aryl methyl sites for hydroxylation is 1. The van der Waals surface area contributed by atoms with Crippen LogP contribution in [0.4, 0.5) is 28.7 Å². The van der Waals surface area contributed by atoms with Crippen molar-refractivity contribution in [3.05, 3.63) is 96.8 Å². The van der Waals surface area contributed by atoms with Crippen LogP contribution in [0.15, 0.2) is 85.7 Å². The second kappa shape index (κ2) is 21.4. The van der Waals surface area contributed by atoms with Gasteiger partial charge >= 0.3 is 0 Å². The number of benzene rings is 3. The summed E-state index contributed by atoms with van der Waals surface area (Å²) in [7, 11) is 5.54. The van der Waals surface area contributed by atoms with E-state index >= 15 is 0 Å². The van der Waals surface area contributed by atoms with Crippen LogP contribution in [-0.4, -0.2) is 100 Å². The fourth-order valence-electron chi connectivity index (χ4n) is 8.55. The first-order valence-corrected chi connectivity index (χ1v) is 22.2. The fraction of sp³-hybridized carbons (Fsp3) is 0.340. The Labute approximate surface area is 384 Å². The highest BCUT2D eigenvalue weighted by Crippen LogP contribution is 2.39. The molecule has 7 rings (SSSR count). The van der Waals surface area contributed by atoms with E-state index in [9.17, 15) is 24.0 Å². The van der Waals surface area contributed by atoms with Gasteiger partial charge in [0.25, 0.3) is 5.91 Å². The molecule has 2 aliphatic heterocycles. The maximum Gasteiger partial charge on any atom is 0.255 e. The van der Waals surface area contributed by atoms with Gasteiger partial charge in [-0.25, -0.2) is 9.97 Å². The van der Waals surface area contributed by atoms with Crippen molar-refractivity contribution in [3.8, 4) is 29.4 Å². The van der Waals surface area contributed by atoms with Crippen LogP contribution < -0.4 is 30.9 Å². The first-order valence-electron chi connectivity index (χ1n) is 22.2. The molecule has 0 saturated carbocycles. The fourth-order valence-corrected chi connectivity index (χ4v) is 8.55. The number of fused-ring (bicyclic) bond motifs is 2. The Balaban J connectivity index is 0.890. The molecule has 0 spiro atoms. The van der Waals surface area contributed by atoms with Gasteiger partial charge in [0.15, 0.2) is 0 Å². The van der Waals surface area contributed by atoms with Gasteiger partial charge in [-0.1, -0.05) is 56.0 Å². The molecule has 16 nitrogen and oxygen atoms in total. The van der Waals surface area contributed by atoms with E-state index in [-0.39, 0.29) is 43.0 Å². The molecule has 5 aromatic rings. The zero-order valence-corrected chi connectivity index (χ0v) is 37.7. The number of anilines is 5. The van der Waals surface area contributed by atoms with Gasteiger partial charge in [0.05, 0.1) is 36.4 Å². The Bertz CT molecular complexity index is 2690. The number of methoxy groups -OCH3 is 1. The molecule has 1 fully saturated rings. The van der Waals surface area contributed by atoms with E-state index in [0.717, 1.165) is 60.1 Å². The van der Waals surface area contributed by atoms with Crippen LogP contribution >= 0.6 is 0 Å². The molecule has 1 saturated heterocycles. The first kappa shape index (κ1) is 46.5. The second-order valence-electron chi connectivity index (χ2n) is 16.5. The van der Waals surface area contributed by atoms with Crippen LogP contribution in [0.1, 0.15) is 67.3 Å². The molecular formula is C50H56N10O6. The number of nitrogens with one attached hydrogen (secondary N) is 4. The number of piperidine rings is 1. The first-order chi connectivity index (χ1) is 32.0. The van der Waals surface area contributed by atoms with Gasteiger partial charge in [-0.15, -0.1) is 6.42 Å². The zero-order chi connectivity index (χ0) is 46.7. The van der Waals surface area contributed by atoms with Crippen LogP contribution in [0.25, 0.3) is 22.2 Å². The lowest BCUT2D eigenvalue weighted by Gasteiger charge is -2.29. The Morgan fingerprint density at radius 1 is 0.970 bits per heavy atom. The van der Waals surface area contributed by atoms with E-state index in [4.69, 9.17) is 16.1 Å². The average molecular weight is 893 g/mol. The molecule has 0 radical (unpaired) electrons. The predicted octanol–water partition coefficient (Wildman–Crippen LogP) is 6.62. The van der Waals surface area contributed by atoms with Crippen molar-refractivity contribution < 1.29 is 28.7 Å². The number of para-hydroxylation sites is 1. The topological polar surface area (TPSA) is 183 Å². The highest BCUT2D eigenvalue weighted by atomic mass is 16.5. The van der Waals surface area contributed by atoms with Crippen LogP contribution in [0, 0.1) is 12.3 Å². The lowest BCUT2D eigenvalue weighted by atomic mass is 10.0. The van der Waals surface area contributed by atoms with E-state index in [1.54, 1.807) is 37.6 Å². The van der Waals surface area contributed by atoms with Crippen molar-refractivity contribution in [2.24, 2.45) is 7.05 Å². The largest absolute Gasteiger partial charge is 0.494 e. The molecule has 0 bridgehead atoms. The monoisotopic (exact) mass is 892 g/mol. The molecule has 5 amide bonds. The summed E-state index contributed by atoms with van der Waals surface area (Å²) in [5.41, 5.74) is 6.39. The molecule has 2 aromatic heterocycles. The third kappa shape index (κ3) is 10.9. The van der Waals surface area contributed by atoms with Gasteiger partial charge < -0.3 is 35.1 Å². The minimum absolute atomic E-state index is 0.132.